The average Bonchev–Trinajstić information content (AvgIpc) is 2.49. The predicted molar refractivity (Wildman–Crippen MR) is 86.0 cm³/mol. The van der Waals surface area contributed by atoms with Gasteiger partial charge in [-0.15, -0.1) is 0 Å². The number of carboxylic acid groups (broad SMARTS) is 1. The Labute approximate surface area is 136 Å². The molecule has 0 amide bonds. The molecule has 0 bridgehead atoms. The standard InChI is InChI=1S/C16H23NO5S/c1-11-10-15(12(2)9-14(11)18)23(21,22)17-8-4-3-5-13(17)6-7-16(19)20/h9-10,13,18H,3-8H2,1-2H3,(H,19,20). The number of hydrogen-bond donors (Lipinski definition) is 2. The average molecular weight is 341 g/mol. The number of phenolic OH excluding ortho intramolecular Hbond substituents is 1. The normalized spacial score (nSPS) is 19.7. The smallest absolute Gasteiger partial charge is 0.303 e. The first kappa shape index (κ1) is 17.7. The van der Waals surface area contributed by atoms with Crippen LogP contribution in [0.2, 0.25) is 0 Å². The van der Waals surface area contributed by atoms with Gasteiger partial charge < -0.3 is 10.2 Å². The van der Waals surface area contributed by atoms with Gasteiger partial charge in [0.25, 0.3) is 0 Å². The summed E-state index contributed by atoms with van der Waals surface area (Å²) in [5, 5.41) is 18.6. The van der Waals surface area contributed by atoms with E-state index in [1.165, 1.54) is 16.4 Å². The van der Waals surface area contributed by atoms with E-state index in [-0.39, 0.29) is 23.1 Å². The van der Waals surface area contributed by atoms with Crippen LogP contribution in [0.5, 0.6) is 5.75 Å². The van der Waals surface area contributed by atoms with Gasteiger partial charge in [-0.3, -0.25) is 4.79 Å². The second-order valence-corrected chi connectivity index (χ2v) is 7.96. The third-order valence-corrected chi connectivity index (χ3v) is 6.44. The largest absolute Gasteiger partial charge is 0.508 e. The zero-order valence-corrected chi connectivity index (χ0v) is 14.3. The number of carbonyl (C=O) groups is 1. The van der Waals surface area contributed by atoms with Crippen molar-refractivity contribution >= 4 is 16.0 Å². The van der Waals surface area contributed by atoms with Crippen LogP contribution in [0.4, 0.5) is 0 Å². The van der Waals surface area contributed by atoms with Gasteiger partial charge in [-0.2, -0.15) is 4.31 Å². The van der Waals surface area contributed by atoms with Gasteiger partial charge in [-0.05, 0) is 56.4 Å². The van der Waals surface area contributed by atoms with Crippen LogP contribution in [0, 0.1) is 13.8 Å². The number of nitrogens with zero attached hydrogens (tertiary/aromatic N) is 1. The van der Waals surface area contributed by atoms with Gasteiger partial charge in [-0.1, -0.05) is 6.42 Å². The van der Waals surface area contributed by atoms with E-state index in [0.29, 0.717) is 30.5 Å². The van der Waals surface area contributed by atoms with E-state index in [9.17, 15) is 18.3 Å². The fourth-order valence-electron chi connectivity index (χ4n) is 3.05. The Morgan fingerprint density at radius 3 is 2.61 bits per heavy atom. The number of carboxylic acids is 1. The molecule has 128 valence electrons. The molecule has 23 heavy (non-hydrogen) atoms. The van der Waals surface area contributed by atoms with Crippen LogP contribution in [0.15, 0.2) is 17.0 Å². The molecule has 1 aliphatic rings. The van der Waals surface area contributed by atoms with Crippen LogP contribution in [-0.2, 0) is 14.8 Å². The van der Waals surface area contributed by atoms with Crippen molar-refractivity contribution in [2.45, 2.75) is 56.9 Å². The van der Waals surface area contributed by atoms with E-state index in [2.05, 4.69) is 0 Å². The summed E-state index contributed by atoms with van der Waals surface area (Å²) >= 11 is 0. The van der Waals surface area contributed by atoms with Gasteiger partial charge in [0.1, 0.15) is 5.75 Å². The molecule has 2 N–H and O–H groups in total. The van der Waals surface area contributed by atoms with E-state index in [0.717, 1.165) is 12.8 Å². The highest BCUT2D eigenvalue weighted by molar-refractivity contribution is 7.89. The summed E-state index contributed by atoms with van der Waals surface area (Å²) in [6.07, 6.45) is 2.65. The Hall–Kier alpha value is -1.60. The minimum atomic E-state index is -3.70. The van der Waals surface area contributed by atoms with E-state index >= 15 is 0 Å². The number of piperidine rings is 1. The first-order chi connectivity index (χ1) is 10.7. The monoisotopic (exact) mass is 341 g/mol. The van der Waals surface area contributed by atoms with E-state index < -0.39 is 16.0 Å². The molecule has 1 aliphatic heterocycles. The number of benzene rings is 1. The molecule has 1 atom stereocenters. The van der Waals surface area contributed by atoms with Crippen LogP contribution in [-0.4, -0.2) is 41.5 Å². The molecule has 1 unspecified atom stereocenters. The Bertz CT molecular complexity index is 699. The summed E-state index contributed by atoms with van der Waals surface area (Å²) in [5.74, 6) is -0.841. The molecule has 1 saturated heterocycles. The number of rotatable bonds is 5. The first-order valence-corrected chi connectivity index (χ1v) is 9.21. The van der Waals surface area contributed by atoms with Gasteiger partial charge in [0.15, 0.2) is 0 Å². The number of phenols is 1. The fraction of sp³-hybridized carbons (Fsp3) is 0.562. The fourth-order valence-corrected chi connectivity index (χ4v) is 5.06. The predicted octanol–water partition coefficient (Wildman–Crippen LogP) is 2.42. The highest BCUT2D eigenvalue weighted by Crippen LogP contribution is 2.31. The minimum absolute atomic E-state index is 0.0374. The summed E-state index contributed by atoms with van der Waals surface area (Å²) in [6.45, 7) is 3.72. The van der Waals surface area contributed by atoms with Crippen molar-refractivity contribution in [1.29, 1.82) is 0 Å². The van der Waals surface area contributed by atoms with Gasteiger partial charge >= 0.3 is 5.97 Å². The maximum absolute atomic E-state index is 13.0. The highest BCUT2D eigenvalue weighted by atomic mass is 32.2. The third-order valence-electron chi connectivity index (χ3n) is 4.34. The molecule has 1 fully saturated rings. The van der Waals surface area contributed by atoms with Crippen molar-refractivity contribution < 1.29 is 23.4 Å². The molecule has 2 rings (SSSR count). The summed E-state index contributed by atoms with van der Waals surface area (Å²) in [5.41, 5.74) is 1.00. The lowest BCUT2D eigenvalue weighted by molar-refractivity contribution is -0.137. The van der Waals surface area contributed by atoms with Gasteiger partial charge in [0, 0.05) is 19.0 Å². The molecule has 0 saturated carbocycles. The molecule has 0 spiro atoms. The van der Waals surface area contributed by atoms with Gasteiger partial charge in [0.05, 0.1) is 4.90 Å². The molecule has 1 aromatic carbocycles. The zero-order chi connectivity index (χ0) is 17.2. The molecule has 1 heterocycles. The maximum Gasteiger partial charge on any atom is 0.303 e. The minimum Gasteiger partial charge on any atom is -0.508 e. The quantitative estimate of drug-likeness (QED) is 0.857. The molecular formula is C16H23NO5S. The molecule has 0 radical (unpaired) electrons. The first-order valence-electron chi connectivity index (χ1n) is 7.77. The Morgan fingerprint density at radius 2 is 1.96 bits per heavy atom. The Morgan fingerprint density at radius 1 is 1.26 bits per heavy atom. The van der Waals surface area contributed by atoms with Crippen molar-refractivity contribution in [2.24, 2.45) is 0 Å². The lowest BCUT2D eigenvalue weighted by Crippen LogP contribution is -2.44. The number of aromatic hydroxyl groups is 1. The van der Waals surface area contributed by atoms with Crippen molar-refractivity contribution in [3.05, 3.63) is 23.3 Å². The van der Waals surface area contributed by atoms with Crippen molar-refractivity contribution in [2.75, 3.05) is 6.54 Å². The summed E-state index contributed by atoms with van der Waals surface area (Å²) in [7, 11) is -3.70. The summed E-state index contributed by atoms with van der Waals surface area (Å²) in [4.78, 5) is 11.0. The third kappa shape index (κ3) is 3.84. The van der Waals surface area contributed by atoms with E-state index in [1.54, 1.807) is 13.8 Å². The second-order valence-electron chi connectivity index (χ2n) is 6.10. The topological polar surface area (TPSA) is 94.9 Å². The number of aliphatic carboxylic acids is 1. The Kier molecular flexibility index (Phi) is 5.31. The number of hydrogen-bond acceptors (Lipinski definition) is 4. The molecule has 6 nitrogen and oxygen atoms in total. The SMILES string of the molecule is Cc1cc(S(=O)(=O)N2CCCCC2CCC(=O)O)c(C)cc1O. The van der Waals surface area contributed by atoms with Crippen LogP contribution in [0.1, 0.15) is 43.2 Å². The van der Waals surface area contributed by atoms with Crippen molar-refractivity contribution in [1.82, 2.24) is 4.31 Å². The van der Waals surface area contributed by atoms with Gasteiger partial charge in [0.2, 0.25) is 10.0 Å². The number of sulfonamides is 1. The molecule has 7 heteroatoms. The lowest BCUT2D eigenvalue weighted by Gasteiger charge is -2.35. The zero-order valence-electron chi connectivity index (χ0n) is 13.4. The molecule has 1 aromatic rings. The van der Waals surface area contributed by atoms with Crippen molar-refractivity contribution in [3.63, 3.8) is 0 Å². The van der Waals surface area contributed by atoms with Crippen LogP contribution in [0.3, 0.4) is 0 Å². The van der Waals surface area contributed by atoms with Crippen LogP contribution >= 0.6 is 0 Å². The van der Waals surface area contributed by atoms with Gasteiger partial charge in [-0.25, -0.2) is 8.42 Å². The number of aryl methyl sites for hydroxylation is 2. The van der Waals surface area contributed by atoms with Crippen LogP contribution in [0.25, 0.3) is 0 Å². The molecule has 0 aromatic heterocycles. The summed E-state index contributed by atoms with van der Waals surface area (Å²) < 4.78 is 27.5. The van der Waals surface area contributed by atoms with E-state index in [1.807, 2.05) is 0 Å². The highest BCUT2D eigenvalue weighted by Gasteiger charge is 2.34. The Balaban J connectivity index is 2.36. The van der Waals surface area contributed by atoms with Crippen LogP contribution < -0.4 is 0 Å². The van der Waals surface area contributed by atoms with Crippen molar-refractivity contribution in [3.8, 4) is 5.75 Å². The molecule has 0 aliphatic carbocycles. The lowest BCUT2D eigenvalue weighted by atomic mass is 10.0. The maximum atomic E-state index is 13.0. The van der Waals surface area contributed by atoms with E-state index in [4.69, 9.17) is 5.11 Å². The summed E-state index contributed by atoms with van der Waals surface area (Å²) in [6, 6.07) is 2.67. The second kappa shape index (κ2) is 6.88. The molecular weight excluding hydrogens is 318 g/mol.